The van der Waals surface area contributed by atoms with E-state index in [0.29, 0.717) is 13.0 Å². The van der Waals surface area contributed by atoms with Crippen LogP contribution in [0, 0.1) is 0 Å². The number of para-hydroxylation sites is 1. The van der Waals surface area contributed by atoms with Crippen molar-refractivity contribution in [2.24, 2.45) is 0 Å². The molecule has 3 rings (SSSR count). The van der Waals surface area contributed by atoms with Crippen molar-refractivity contribution in [3.63, 3.8) is 0 Å². The maximum Gasteiger partial charge on any atom is 0.387 e. The lowest BCUT2D eigenvalue weighted by Crippen LogP contribution is -2.25. The zero-order chi connectivity index (χ0) is 18.6. The van der Waals surface area contributed by atoms with Gasteiger partial charge in [0.2, 0.25) is 10.0 Å². The fourth-order valence-corrected chi connectivity index (χ4v) is 3.80. The fourth-order valence-electron chi connectivity index (χ4n) is 2.69. The number of ether oxygens (including phenoxy) is 1. The Morgan fingerprint density at radius 1 is 1.08 bits per heavy atom. The van der Waals surface area contributed by atoms with Gasteiger partial charge in [0.05, 0.1) is 4.90 Å². The first-order valence-corrected chi connectivity index (χ1v) is 9.52. The van der Waals surface area contributed by atoms with E-state index in [9.17, 15) is 17.2 Å². The van der Waals surface area contributed by atoms with Gasteiger partial charge in [-0.05, 0) is 36.1 Å². The van der Waals surface area contributed by atoms with E-state index in [1.165, 1.54) is 18.2 Å². The zero-order valence-corrected chi connectivity index (χ0v) is 14.6. The van der Waals surface area contributed by atoms with Gasteiger partial charge >= 0.3 is 6.61 Å². The Bertz CT molecular complexity index is 987. The Kier molecular flexibility index (Phi) is 5.53. The molecule has 0 radical (unpaired) electrons. The molecule has 0 amide bonds. The van der Waals surface area contributed by atoms with Crippen molar-refractivity contribution in [3.05, 3.63) is 60.8 Å². The molecule has 0 bridgehead atoms. The van der Waals surface area contributed by atoms with Crippen LogP contribution in [0.5, 0.6) is 5.75 Å². The van der Waals surface area contributed by atoms with Gasteiger partial charge in [0, 0.05) is 30.9 Å². The van der Waals surface area contributed by atoms with Crippen LogP contribution in [-0.4, -0.2) is 26.1 Å². The first kappa shape index (κ1) is 18.3. The molecular weight excluding hydrogens is 362 g/mol. The van der Waals surface area contributed by atoms with Gasteiger partial charge in [-0.25, -0.2) is 13.1 Å². The van der Waals surface area contributed by atoms with Crippen molar-refractivity contribution in [1.82, 2.24) is 9.29 Å². The summed E-state index contributed by atoms with van der Waals surface area (Å²) in [4.78, 5) is -0.109. The van der Waals surface area contributed by atoms with Crippen LogP contribution < -0.4 is 9.46 Å². The lowest BCUT2D eigenvalue weighted by molar-refractivity contribution is -0.0499. The number of aryl methyl sites for hydroxylation is 1. The molecule has 1 aromatic heterocycles. The molecule has 138 valence electrons. The molecule has 8 heteroatoms. The minimum atomic E-state index is -3.79. The maximum absolute atomic E-state index is 12.3. The van der Waals surface area contributed by atoms with E-state index in [0.717, 1.165) is 17.0 Å². The van der Waals surface area contributed by atoms with E-state index < -0.39 is 16.6 Å². The van der Waals surface area contributed by atoms with Crippen LogP contribution in [0.1, 0.15) is 6.42 Å². The molecule has 0 spiro atoms. The molecule has 0 aliphatic heterocycles. The number of sulfonamides is 1. The number of benzene rings is 2. The lowest BCUT2D eigenvalue weighted by Gasteiger charge is -2.10. The van der Waals surface area contributed by atoms with Gasteiger partial charge in [-0.15, -0.1) is 0 Å². The average Bonchev–Trinajstić information content (AvgIpc) is 3.02. The molecule has 0 saturated carbocycles. The average molecular weight is 380 g/mol. The topological polar surface area (TPSA) is 60.3 Å². The normalized spacial score (nSPS) is 12.0. The molecule has 26 heavy (non-hydrogen) atoms. The third-order valence-electron chi connectivity index (χ3n) is 3.89. The number of nitrogens with zero attached hydrogens (tertiary/aromatic N) is 1. The van der Waals surface area contributed by atoms with Crippen LogP contribution in [0.2, 0.25) is 0 Å². The second-order valence-corrected chi connectivity index (χ2v) is 7.44. The Morgan fingerprint density at radius 3 is 2.69 bits per heavy atom. The number of alkyl halides is 2. The van der Waals surface area contributed by atoms with Crippen molar-refractivity contribution in [3.8, 4) is 5.75 Å². The van der Waals surface area contributed by atoms with Gasteiger partial charge in [0.25, 0.3) is 0 Å². The highest BCUT2D eigenvalue weighted by Gasteiger charge is 2.15. The molecule has 0 aliphatic carbocycles. The van der Waals surface area contributed by atoms with Crippen molar-refractivity contribution in [1.29, 1.82) is 0 Å². The Hall–Kier alpha value is -2.45. The number of halogens is 2. The summed E-state index contributed by atoms with van der Waals surface area (Å²) in [6, 6.07) is 15.0. The number of rotatable bonds is 8. The quantitative estimate of drug-likeness (QED) is 0.608. The van der Waals surface area contributed by atoms with Crippen LogP contribution in [-0.2, 0) is 16.6 Å². The third-order valence-corrected chi connectivity index (χ3v) is 5.35. The van der Waals surface area contributed by atoms with Crippen molar-refractivity contribution in [2.45, 2.75) is 24.5 Å². The van der Waals surface area contributed by atoms with Crippen molar-refractivity contribution >= 4 is 20.9 Å². The Balaban J connectivity index is 1.58. The monoisotopic (exact) mass is 380 g/mol. The standard InChI is InChI=1S/C18H18F2N2O3S/c19-18(20)25-15-6-3-7-16(13-15)26(23,24)21-10-4-11-22-12-9-14-5-1-2-8-17(14)22/h1-3,5-9,12-13,18,21H,4,10-11H2. The predicted octanol–water partition coefficient (Wildman–Crippen LogP) is 3.61. The summed E-state index contributed by atoms with van der Waals surface area (Å²) < 4.78 is 57.8. The number of hydrogen-bond acceptors (Lipinski definition) is 3. The molecule has 3 aromatic rings. The van der Waals surface area contributed by atoms with E-state index in [2.05, 4.69) is 14.0 Å². The van der Waals surface area contributed by atoms with Gasteiger partial charge < -0.3 is 9.30 Å². The molecule has 0 fully saturated rings. The molecule has 1 N–H and O–H groups in total. The molecule has 0 atom stereocenters. The molecule has 5 nitrogen and oxygen atoms in total. The largest absolute Gasteiger partial charge is 0.435 e. The van der Waals surface area contributed by atoms with Gasteiger partial charge in [-0.3, -0.25) is 0 Å². The highest BCUT2D eigenvalue weighted by atomic mass is 32.2. The summed E-state index contributed by atoms with van der Waals surface area (Å²) in [6.45, 7) is -2.11. The first-order chi connectivity index (χ1) is 12.5. The highest BCUT2D eigenvalue weighted by Crippen LogP contribution is 2.19. The van der Waals surface area contributed by atoms with Crippen LogP contribution in [0.4, 0.5) is 8.78 Å². The molecule has 0 aliphatic rings. The fraction of sp³-hybridized carbons (Fsp3) is 0.222. The van der Waals surface area contributed by atoms with E-state index >= 15 is 0 Å². The second kappa shape index (κ2) is 7.84. The summed E-state index contributed by atoms with van der Waals surface area (Å²) in [5.74, 6) is -0.193. The molecule has 0 unspecified atom stereocenters. The minimum Gasteiger partial charge on any atom is -0.435 e. The molecular formula is C18H18F2N2O3S. The summed E-state index contributed by atoms with van der Waals surface area (Å²) in [5, 5.41) is 1.13. The van der Waals surface area contributed by atoms with Crippen LogP contribution in [0.25, 0.3) is 10.9 Å². The third kappa shape index (κ3) is 4.39. The number of hydrogen-bond donors (Lipinski definition) is 1. The van der Waals surface area contributed by atoms with Crippen LogP contribution in [0.15, 0.2) is 65.7 Å². The van der Waals surface area contributed by atoms with Gasteiger partial charge in [0.1, 0.15) is 5.75 Å². The predicted molar refractivity (Wildman–Crippen MR) is 94.8 cm³/mol. The number of aromatic nitrogens is 1. The summed E-state index contributed by atoms with van der Waals surface area (Å²) in [7, 11) is -3.79. The molecule has 0 saturated heterocycles. The van der Waals surface area contributed by atoms with Gasteiger partial charge in [-0.1, -0.05) is 24.3 Å². The zero-order valence-electron chi connectivity index (χ0n) is 13.8. The summed E-state index contributed by atoms with van der Waals surface area (Å²) in [6.07, 6.45) is 2.55. The second-order valence-electron chi connectivity index (χ2n) is 5.67. The Labute approximate surface area is 150 Å². The van der Waals surface area contributed by atoms with E-state index in [1.54, 1.807) is 0 Å². The van der Waals surface area contributed by atoms with Crippen molar-refractivity contribution < 1.29 is 21.9 Å². The highest BCUT2D eigenvalue weighted by molar-refractivity contribution is 7.89. The van der Waals surface area contributed by atoms with Crippen LogP contribution >= 0.6 is 0 Å². The van der Waals surface area contributed by atoms with Gasteiger partial charge in [-0.2, -0.15) is 8.78 Å². The van der Waals surface area contributed by atoms with E-state index in [4.69, 9.17) is 0 Å². The Morgan fingerprint density at radius 2 is 1.88 bits per heavy atom. The van der Waals surface area contributed by atoms with Crippen LogP contribution in [0.3, 0.4) is 0 Å². The lowest BCUT2D eigenvalue weighted by atomic mass is 10.2. The SMILES string of the molecule is O=S(=O)(NCCCn1ccc2ccccc21)c1cccc(OC(F)F)c1. The van der Waals surface area contributed by atoms with Crippen molar-refractivity contribution in [2.75, 3.05) is 6.54 Å². The number of nitrogens with one attached hydrogen (secondary N) is 1. The first-order valence-electron chi connectivity index (χ1n) is 8.04. The molecule has 1 heterocycles. The van der Waals surface area contributed by atoms with Gasteiger partial charge in [0.15, 0.2) is 0 Å². The number of fused-ring (bicyclic) bond motifs is 1. The summed E-state index contributed by atoms with van der Waals surface area (Å²) in [5.41, 5.74) is 1.09. The molecule has 2 aromatic carbocycles. The maximum atomic E-state index is 12.3. The minimum absolute atomic E-state index is 0.109. The smallest absolute Gasteiger partial charge is 0.387 e. The van der Waals surface area contributed by atoms with E-state index in [-0.39, 0.29) is 17.2 Å². The summed E-state index contributed by atoms with van der Waals surface area (Å²) >= 11 is 0. The van der Waals surface area contributed by atoms with E-state index in [1.807, 2.05) is 36.5 Å².